The fraction of sp³-hybridized carbons (Fsp3) is 0. The number of benzene rings is 12. The van der Waals surface area contributed by atoms with Crippen molar-refractivity contribution in [2.45, 2.75) is 0 Å². The lowest BCUT2D eigenvalue weighted by molar-refractivity contribution is 1.18. The molecular weight excluding hydrogens is 859 g/mol. The molecule has 4 heterocycles. The second-order valence-electron chi connectivity index (χ2n) is 19.2. The van der Waals surface area contributed by atoms with Crippen LogP contribution in [0.3, 0.4) is 0 Å². The topological polar surface area (TPSA) is 14.3 Å². The molecule has 71 heavy (non-hydrogen) atoms. The van der Waals surface area contributed by atoms with Crippen LogP contribution in [-0.4, -0.2) is 13.5 Å². The molecule has 4 aromatic heterocycles. The quantitative estimate of drug-likeness (QED) is 0.153. The third kappa shape index (κ3) is 5.38. The highest BCUT2D eigenvalue weighted by molar-refractivity contribution is 6.25. The van der Waals surface area contributed by atoms with E-state index in [4.69, 9.17) is 0 Å². The zero-order valence-corrected chi connectivity index (χ0v) is 38.5. The molecule has 0 N–H and O–H groups in total. The standard InChI is InChI=1S/C68H41N3/c1-2-16-43(17-3-1)66-52-22-4-6-24-54(52)67(55-25-7-5-23-53(55)66)71-61-27-13-9-19-49(61)57-39-45(33-37-65(57)71)44-32-36-64-56(38-44)48-18-8-12-26-60(48)69(64)47-34-30-42(31-35-47)46-40-58-50-20-10-14-28-62(50)70-63-29-15-11-21-51(63)59(41-46)68(58)70/h1-41H. The van der Waals surface area contributed by atoms with E-state index in [2.05, 4.69) is 262 Å². The van der Waals surface area contributed by atoms with Crippen molar-refractivity contribution in [1.29, 1.82) is 0 Å². The van der Waals surface area contributed by atoms with E-state index in [1.54, 1.807) is 0 Å². The van der Waals surface area contributed by atoms with Crippen LogP contribution in [0.25, 0.3) is 148 Å². The zero-order chi connectivity index (χ0) is 46.3. The van der Waals surface area contributed by atoms with Crippen LogP contribution in [0.5, 0.6) is 0 Å². The molecule has 3 heteroatoms. The van der Waals surface area contributed by atoms with Gasteiger partial charge in [-0.3, -0.25) is 0 Å². The SMILES string of the molecule is c1ccc(-c2c3ccccc3c(-n3c4ccccc4c4cc(-c5ccc6c(c5)c5ccccc5n6-c5ccc(-c6cc7c8ccccc8n8c9ccccc9c(c6)c78)cc5)ccc43)c3ccccc23)cc1. The van der Waals surface area contributed by atoms with Crippen molar-refractivity contribution >= 4 is 103 Å². The molecule has 0 bridgehead atoms. The molecule has 0 aliphatic heterocycles. The number of aromatic nitrogens is 3. The van der Waals surface area contributed by atoms with E-state index >= 15 is 0 Å². The van der Waals surface area contributed by atoms with Crippen molar-refractivity contribution in [2.75, 3.05) is 0 Å². The van der Waals surface area contributed by atoms with Gasteiger partial charge in [0.2, 0.25) is 0 Å². The van der Waals surface area contributed by atoms with Gasteiger partial charge in [0.15, 0.2) is 0 Å². The Kier molecular flexibility index (Phi) is 7.89. The van der Waals surface area contributed by atoms with Gasteiger partial charge in [0.05, 0.1) is 44.3 Å². The Hall–Kier alpha value is -9.44. The third-order valence-corrected chi connectivity index (χ3v) is 15.5. The van der Waals surface area contributed by atoms with E-state index in [0.717, 1.165) is 5.69 Å². The van der Waals surface area contributed by atoms with E-state index in [-0.39, 0.29) is 0 Å². The van der Waals surface area contributed by atoms with Crippen molar-refractivity contribution in [1.82, 2.24) is 13.5 Å². The minimum Gasteiger partial charge on any atom is -0.309 e. The first-order valence-electron chi connectivity index (χ1n) is 24.6. The second kappa shape index (κ2) is 14.5. The van der Waals surface area contributed by atoms with Crippen molar-refractivity contribution in [3.05, 3.63) is 249 Å². The van der Waals surface area contributed by atoms with Gasteiger partial charge in [-0.05, 0) is 117 Å². The van der Waals surface area contributed by atoms with Gasteiger partial charge in [0.1, 0.15) is 0 Å². The van der Waals surface area contributed by atoms with E-state index in [9.17, 15) is 0 Å². The summed E-state index contributed by atoms with van der Waals surface area (Å²) < 4.78 is 7.39. The zero-order valence-electron chi connectivity index (χ0n) is 38.5. The van der Waals surface area contributed by atoms with Gasteiger partial charge in [0, 0.05) is 59.5 Å². The molecule has 16 aromatic rings. The molecule has 0 aliphatic rings. The lowest BCUT2D eigenvalue weighted by Gasteiger charge is -2.19. The predicted molar refractivity (Wildman–Crippen MR) is 301 cm³/mol. The Morgan fingerprint density at radius 1 is 0.211 bits per heavy atom. The third-order valence-electron chi connectivity index (χ3n) is 15.5. The maximum Gasteiger partial charge on any atom is 0.0620 e. The summed E-state index contributed by atoms with van der Waals surface area (Å²) in [6, 6.07) is 92.2. The normalized spacial score (nSPS) is 12.2. The molecule has 0 radical (unpaired) electrons. The number of nitrogens with zero attached hydrogens (tertiary/aromatic N) is 3. The molecule has 3 nitrogen and oxygen atoms in total. The molecule has 16 rings (SSSR count). The van der Waals surface area contributed by atoms with Crippen LogP contribution in [0, 0.1) is 0 Å². The Labute approximate surface area is 408 Å². The largest absolute Gasteiger partial charge is 0.309 e. The molecule has 0 amide bonds. The summed E-state index contributed by atoms with van der Waals surface area (Å²) in [6.07, 6.45) is 0. The Morgan fingerprint density at radius 2 is 0.592 bits per heavy atom. The van der Waals surface area contributed by atoms with Crippen LogP contribution in [0.4, 0.5) is 0 Å². The molecule has 0 saturated heterocycles. The highest BCUT2D eigenvalue weighted by Crippen LogP contribution is 2.46. The van der Waals surface area contributed by atoms with Gasteiger partial charge in [0.25, 0.3) is 0 Å². The molecular formula is C68H41N3. The first kappa shape index (κ1) is 38.5. The Bertz CT molecular complexity index is 4710. The molecule has 0 spiro atoms. The van der Waals surface area contributed by atoms with Gasteiger partial charge in [-0.25, -0.2) is 0 Å². The van der Waals surface area contributed by atoms with Crippen molar-refractivity contribution in [2.24, 2.45) is 0 Å². The highest BCUT2D eigenvalue weighted by atomic mass is 15.0. The number of fused-ring (bicyclic) bond motifs is 14. The fourth-order valence-corrected chi connectivity index (χ4v) is 12.5. The summed E-state index contributed by atoms with van der Waals surface area (Å²) in [5.41, 5.74) is 18.3. The van der Waals surface area contributed by atoms with Crippen LogP contribution < -0.4 is 0 Å². The summed E-state index contributed by atoms with van der Waals surface area (Å²) in [4.78, 5) is 0. The lowest BCUT2D eigenvalue weighted by atomic mass is 9.90. The molecule has 0 atom stereocenters. The average molecular weight is 900 g/mol. The highest BCUT2D eigenvalue weighted by Gasteiger charge is 2.22. The van der Waals surface area contributed by atoms with E-state index in [1.165, 1.54) is 142 Å². The maximum absolute atomic E-state index is 2.51. The first-order chi connectivity index (χ1) is 35.2. The van der Waals surface area contributed by atoms with Crippen LogP contribution in [-0.2, 0) is 0 Å². The van der Waals surface area contributed by atoms with E-state index < -0.39 is 0 Å². The number of hydrogen-bond donors (Lipinski definition) is 0. The van der Waals surface area contributed by atoms with Gasteiger partial charge >= 0.3 is 0 Å². The minimum absolute atomic E-state index is 1.14. The van der Waals surface area contributed by atoms with Crippen LogP contribution in [0.15, 0.2) is 249 Å². The summed E-state index contributed by atoms with van der Waals surface area (Å²) >= 11 is 0. The summed E-state index contributed by atoms with van der Waals surface area (Å²) in [7, 11) is 0. The van der Waals surface area contributed by atoms with Crippen LogP contribution in [0.2, 0.25) is 0 Å². The summed E-state index contributed by atoms with van der Waals surface area (Å²) in [5, 5.41) is 15.1. The van der Waals surface area contributed by atoms with E-state index in [0.29, 0.717) is 0 Å². The van der Waals surface area contributed by atoms with E-state index in [1.807, 2.05) is 0 Å². The molecule has 0 unspecified atom stereocenters. The van der Waals surface area contributed by atoms with Gasteiger partial charge in [-0.15, -0.1) is 0 Å². The monoisotopic (exact) mass is 899 g/mol. The van der Waals surface area contributed by atoms with Gasteiger partial charge < -0.3 is 13.5 Å². The predicted octanol–water partition coefficient (Wildman–Crippen LogP) is 18.3. The molecule has 0 saturated carbocycles. The fourth-order valence-electron chi connectivity index (χ4n) is 12.5. The molecule has 12 aromatic carbocycles. The minimum atomic E-state index is 1.14. The smallest absolute Gasteiger partial charge is 0.0620 e. The van der Waals surface area contributed by atoms with Crippen molar-refractivity contribution < 1.29 is 0 Å². The number of para-hydroxylation sites is 4. The van der Waals surface area contributed by atoms with Gasteiger partial charge in [-0.2, -0.15) is 0 Å². The number of rotatable bonds is 5. The van der Waals surface area contributed by atoms with Crippen molar-refractivity contribution in [3.8, 4) is 44.8 Å². The maximum atomic E-state index is 2.51. The van der Waals surface area contributed by atoms with Gasteiger partial charge in [-0.1, -0.05) is 176 Å². The van der Waals surface area contributed by atoms with Crippen LogP contribution >= 0.6 is 0 Å². The van der Waals surface area contributed by atoms with Crippen molar-refractivity contribution in [3.63, 3.8) is 0 Å². The Balaban J connectivity index is 0.831. The first-order valence-corrected chi connectivity index (χ1v) is 24.6. The summed E-state index contributed by atoms with van der Waals surface area (Å²) in [5.74, 6) is 0. The Morgan fingerprint density at radius 3 is 1.13 bits per heavy atom. The molecule has 0 aliphatic carbocycles. The van der Waals surface area contributed by atoms with Crippen LogP contribution in [0.1, 0.15) is 0 Å². The second-order valence-corrected chi connectivity index (χ2v) is 19.2. The average Bonchev–Trinajstić information content (AvgIpc) is 4.17. The molecule has 328 valence electrons. The number of hydrogen-bond acceptors (Lipinski definition) is 0. The lowest BCUT2D eigenvalue weighted by Crippen LogP contribution is -1.99. The summed E-state index contributed by atoms with van der Waals surface area (Å²) in [6.45, 7) is 0. The molecule has 0 fully saturated rings.